The normalized spacial score (nSPS) is 11.7. The highest BCUT2D eigenvalue weighted by Gasteiger charge is 2.21. The number of fused-ring (bicyclic) bond motifs is 1. The lowest BCUT2D eigenvalue weighted by molar-refractivity contribution is -0.142. The number of carbonyl (C=O) groups excluding carboxylic acids is 2. The quantitative estimate of drug-likeness (QED) is 0.391. The van der Waals surface area contributed by atoms with Crippen LogP contribution in [0.1, 0.15) is 20.3 Å². The lowest BCUT2D eigenvalue weighted by atomic mass is 10.0. The number of carboxylic acids is 1. The minimum atomic E-state index is -1.13. The largest absolute Gasteiger partial charge is 0.484 e. The summed E-state index contributed by atoms with van der Waals surface area (Å²) in [5, 5.41) is 14.7. The van der Waals surface area contributed by atoms with E-state index in [0.29, 0.717) is 16.7 Å². The molecule has 1 heterocycles. The molecule has 9 nitrogen and oxygen atoms in total. The first-order valence-electron chi connectivity index (χ1n) is 10.8. The van der Waals surface area contributed by atoms with Gasteiger partial charge in [-0.25, -0.2) is 9.59 Å². The van der Waals surface area contributed by atoms with E-state index in [4.69, 9.17) is 9.15 Å². The van der Waals surface area contributed by atoms with Crippen LogP contribution in [0.25, 0.3) is 22.1 Å². The smallest absolute Gasteiger partial charge is 0.336 e. The molecule has 1 aromatic heterocycles. The van der Waals surface area contributed by atoms with E-state index >= 15 is 0 Å². The first kappa shape index (κ1) is 24.5. The minimum Gasteiger partial charge on any atom is -0.484 e. The molecule has 2 aromatic carbocycles. The Morgan fingerprint density at radius 1 is 1.03 bits per heavy atom. The van der Waals surface area contributed by atoms with Gasteiger partial charge in [-0.2, -0.15) is 0 Å². The van der Waals surface area contributed by atoms with Crippen molar-refractivity contribution in [3.8, 4) is 16.9 Å². The van der Waals surface area contributed by atoms with Crippen LogP contribution in [-0.4, -0.2) is 42.1 Å². The van der Waals surface area contributed by atoms with Crippen molar-refractivity contribution in [3.63, 3.8) is 0 Å². The number of hydrogen-bond acceptors (Lipinski definition) is 6. The number of rotatable bonds is 10. The van der Waals surface area contributed by atoms with Gasteiger partial charge in [-0.05, 0) is 35.6 Å². The molecule has 0 spiro atoms. The summed E-state index contributed by atoms with van der Waals surface area (Å²) in [5.41, 5.74) is 1.39. The molecule has 0 aliphatic carbocycles. The predicted octanol–water partition coefficient (Wildman–Crippen LogP) is 2.57. The number of nitrogens with one attached hydrogen (secondary N) is 2. The van der Waals surface area contributed by atoms with E-state index in [1.54, 1.807) is 12.1 Å². The van der Waals surface area contributed by atoms with Crippen molar-refractivity contribution in [2.75, 3.05) is 13.2 Å². The molecule has 0 saturated carbocycles. The first-order valence-corrected chi connectivity index (χ1v) is 10.8. The van der Waals surface area contributed by atoms with Crippen molar-refractivity contribution in [2.45, 2.75) is 26.3 Å². The topological polar surface area (TPSA) is 135 Å². The molecular weight excluding hydrogens is 440 g/mol. The van der Waals surface area contributed by atoms with Crippen molar-refractivity contribution in [2.24, 2.45) is 5.92 Å². The van der Waals surface area contributed by atoms with Crippen LogP contribution in [-0.2, 0) is 14.4 Å². The Labute approximate surface area is 195 Å². The maximum atomic E-state index is 12.1. The number of benzene rings is 2. The van der Waals surface area contributed by atoms with Gasteiger partial charge in [0.25, 0.3) is 5.91 Å². The van der Waals surface area contributed by atoms with Gasteiger partial charge in [-0.1, -0.05) is 44.2 Å². The van der Waals surface area contributed by atoms with E-state index in [-0.39, 0.29) is 25.5 Å². The van der Waals surface area contributed by atoms with Crippen LogP contribution in [0.4, 0.5) is 0 Å². The van der Waals surface area contributed by atoms with Gasteiger partial charge < -0.3 is 24.9 Å². The number of carbonyl (C=O) groups is 3. The van der Waals surface area contributed by atoms with Crippen LogP contribution in [0, 0.1) is 5.92 Å². The van der Waals surface area contributed by atoms with E-state index in [0.717, 1.165) is 11.1 Å². The van der Waals surface area contributed by atoms with E-state index in [1.807, 2.05) is 44.2 Å². The van der Waals surface area contributed by atoms with Crippen LogP contribution < -0.4 is 21.0 Å². The number of ether oxygens (including phenoxy) is 1. The van der Waals surface area contributed by atoms with Crippen molar-refractivity contribution >= 4 is 28.8 Å². The summed E-state index contributed by atoms with van der Waals surface area (Å²) in [6.45, 7) is 2.94. The van der Waals surface area contributed by atoms with Crippen LogP contribution in [0.5, 0.6) is 5.75 Å². The molecule has 3 aromatic rings. The molecule has 3 rings (SSSR count). The third-order valence-corrected chi connectivity index (χ3v) is 4.96. The highest BCUT2D eigenvalue weighted by Crippen LogP contribution is 2.29. The number of amides is 2. The third kappa shape index (κ3) is 6.68. The van der Waals surface area contributed by atoms with E-state index in [1.165, 1.54) is 12.1 Å². The minimum absolute atomic E-state index is 0.0829. The highest BCUT2D eigenvalue weighted by molar-refractivity contribution is 5.94. The zero-order valence-electron chi connectivity index (χ0n) is 18.9. The van der Waals surface area contributed by atoms with Crippen molar-refractivity contribution in [1.82, 2.24) is 10.6 Å². The molecule has 0 fully saturated rings. The molecule has 178 valence electrons. The molecule has 0 aliphatic rings. The molecule has 0 aliphatic heterocycles. The van der Waals surface area contributed by atoms with Crippen LogP contribution in [0.2, 0.25) is 0 Å². The summed E-state index contributed by atoms with van der Waals surface area (Å²) in [5.74, 6) is -1.91. The molecule has 0 saturated heterocycles. The van der Waals surface area contributed by atoms with Crippen LogP contribution in [0.3, 0.4) is 0 Å². The number of hydrogen-bond donors (Lipinski definition) is 3. The second kappa shape index (κ2) is 11.1. The lowest BCUT2D eigenvalue weighted by Crippen LogP contribution is -2.46. The summed E-state index contributed by atoms with van der Waals surface area (Å²) < 4.78 is 10.8. The SMILES string of the molecule is CC(C)C[C@@H](NC(=O)CNC(=O)COc1ccc2c(-c3ccccc3)cc(=O)oc2c1)C(=O)O. The fraction of sp³-hybridized carbons (Fsp3) is 0.280. The summed E-state index contributed by atoms with van der Waals surface area (Å²) in [4.78, 5) is 47.3. The molecule has 9 heteroatoms. The van der Waals surface area contributed by atoms with Gasteiger partial charge >= 0.3 is 11.6 Å². The maximum absolute atomic E-state index is 12.1. The second-order valence-electron chi connectivity index (χ2n) is 8.16. The number of aliphatic carboxylic acids is 1. The summed E-state index contributed by atoms with van der Waals surface area (Å²) in [6, 6.07) is 14.7. The number of carboxylic acid groups (broad SMARTS) is 1. The molecule has 0 radical (unpaired) electrons. The van der Waals surface area contributed by atoms with Gasteiger partial charge in [0, 0.05) is 17.5 Å². The fourth-order valence-corrected chi connectivity index (χ4v) is 3.41. The Hall–Kier alpha value is -4.14. The second-order valence-corrected chi connectivity index (χ2v) is 8.16. The molecule has 0 bridgehead atoms. The Morgan fingerprint density at radius 2 is 1.76 bits per heavy atom. The molecule has 0 unspecified atom stereocenters. The average molecular weight is 466 g/mol. The van der Waals surface area contributed by atoms with Gasteiger partial charge in [0.1, 0.15) is 17.4 Å². The summed E-state index contributed by atoms with van der Waals surface area (Å²) >= 11 is 0. The lowest BCUT2D eigenvalue weighted by Gasteiger charge is -2.16. The Morgan fingerprint density at radius 3 is 2.44 bits per heavy atom. The van der Waals surface area contributed by atoms with Crippen molar-refractivity contribution in [1.29, 1.82) is 0 Å². The molecule has 2 amide bonds. The summed E-state index contributed by atoms with van der Waals surface area (Å²) in [7, 11) is 0. The maximum Gasteiger partial charge on any atom is 0.336 e. The zero-order chi connectivity index (χ0) is 24.7. The van der Waals surface area contributed by atoms with Gasteiger partial charge in [0.15, 0.2) is 6.61 Å². The predicted molar refractivity (Wildman–Crippen MR) is 125 cm³/mol. The van der Waals surface area contributed by atoms with Gasteiger partial charge in [0.05, 0.1) is 6.54 Å². The van der Waals surface area contributed by atoms with E-state index < -0.39 is 29.5 Å². The monoisotopic (exact) mass is 466 g/mol. The van der Waals surface area contributed by atoms with Gasteiger partial charge in [-0.15, -0.1) is 0 Å². The standard InChI is InChI=1S/C25H26N2O7/c1-15(2)10-20(25(31)32)27-22(28)13-26-23(29)14-33-17-8-9-18-19(16-6-4-3-5-7-16)12-24(30)34-21(18)11-17/h3-9,11-12,15,20H,10,13-14H2,1-2H3,(H,26,29)(H,27,28)(H,31,32)/t20-/m1/s1. The van der Waals surface area contributed by atoms with Crippen LogP contribution >= 0.6 is 0 Å². The molecule has 3 N–H and O–H groups in total. The highest BCUT2D eigenvalue weighted by atomic mass is 16.5. The van der Waals surface area contributed by atoms with E-state index in [9.17, 15) is 24.3 Å². The zero-order valence-corrected chi connectivity index (χ0v) is 18.9. The summed E-state index contributed by atoms with van der Waals surface area (Å²) in [6.07, 6.45) is 0.280. The van der Waals surface area contributed by atoms with Crippen molar-refractivity contribution < 1.29 is 28.6 Å². The van der Waals surface area contributed by atoms with E-state index in [2.05, 4.69) is 10.6 Å². The third-order valence-electron chi connectivity index (χ3n) is 4.96. The molecule has 34 heavy (non-hydrogen) atoms. The Balaban J connectivity index is 1.59. The Kier molecular flexibility index (Phi) is 8.02. The molecular formula is C25H26N2O7. The first-order chi connectivity index (χ1) is 16.2. The molecule has 1 atom stereocenters. The van der Waals surface area contributed by atoms with Gasteiger partial charge in [-0.3, -0.25) is 9.59 Å². The fourth-order valence-electron chi connectivity index (χ4n) is 3.41. The van der Waals surface area contributed by atoms with Crippen molar-refractivity contribution in [3.05, 3.63) is 65.0 Å². The Bertz CT molecular complexity index is 1230. The van der Waals surface area contributed by atoms with Gasteiger partial charge in [0.2, 0.25) is 5.91 Å². The van der Waals surface area contributed by atoms with Crippen LogP contribution in [0.15, 0.2) is 63.8 Å². The average Bonchev–Trinajstić information content (AvgIpc) is 2.80.